The molecule has 0 fully saturated rings. The molecule has 1 nitrogen and oxygen atoms in total. The van der Waals surface area contributed by atoms with Crippen LogP contribution in [0.1, 0.15) is 23.6 Å². The number of nitrogens with two attached hydrogens (primary N) is 1. The average Bonchev–Trinajstić information content (AvgIpc) is 2.75. The molecule has 1 atom stereocenters. The molecule has 0 amide bonds. The van der Waals surface area contributed by atoms with Gasteiger partial charge in [0.05, 0.1) is 4.47 Å². The Morgan fingerprint density at radius 1 is 1.11 bits per heavy atom. The fourth-order valence-electron chi connectivity index (χ4n) is 2.65. The smallest absolute Gasteiger partial charge is 0.145 e. The minimum Gasteiger partial charge on any atom is -0.324 e. The number of hydrogen-bond donors (Lipinski definition) is 1. The van der Waals surface area contributed by atoms with E-state index in [-0.39, 0.29) is 11.9 Å². The van der Waals surface area contributed by atoms with Crippen molar-refractivity contribution in [2.45, 2.75) is 18.9 Å². The van der Waals surface area contributed by atoms with Crippen molar-refractivity contribution in [1.29, 1.82) is 0 Å². The molecule has 0 saturated carbocycles. The van der Waals surface area contributed by atoms with E-state index in [1.165, 1.54) is 5.56 Å². The van der Waals surface area contributed by atoms with Crippen LogP contribution >= 0.6 is 15.9 Å². The molecule has 2 aromatic rings. The highest BCUT2D eigenvalue weighted by Crippen LogP contribution is 2.38. The molecule has 0 spiro atoms. The summed E-state index contributed by atoms with van der Waals surface area (Å²) in [5, 5.41) is 0. The highest BCUT2D eigenvalue weighted by atomic mass is 79.9. The largest absolute Gasteiger partial charge is 0.324 e. The zero-order valence-corrected chi connectivity index (χ0v) is 11.4. The first kappa shape index (κ1) is 11.9. The van der Waals surface area contributed by atoms with Crippen LogP contribution in [-0.2, 0) is 6.42 Å². The Balaban J connectivity index is 2.22. The summed E-state index contributed by atoms with van der Waals surface area (Å²) in [6, 6.07) is 11.5. The zero-order valence-electron chi connectivity index (χ0n) is 9.79. The summed E-state index contributed by atoms with van der Waals surface area (Å²) in [6.45, 7) is 0. The van der Waals surface area contributed by atoms with Gasteiger partial charge >= 0.3 is 0 Å². The first-order valence-electron chi connectivity index (χ1n) is 6.00. The maximum atomic E-state index is 14.2. The van der Waals surface area contributed by atoms with Gasteiger partial charge in [0, 0.05) is 11.6 Å². The molecule has 0 heterocycles. The third kappa shape index (κ3) is 1.78. The molecule has 0 aromatic heterocycles. The molecule has 1 unspecified atom stereocenters. The Kier molecular flexibility index (Phi) is 2.96. The molecule has 2 aromatic carbocycles. The fourth-order valence-corrected chi connectivity index (χ4v) is 3.02. The molecule has 3 rings (SSSR count). The molecule has 18 heavy (non-hydrogen) atoms. The fraction of sp³-hybridized carbons (Fsp3) is 0.200. The van der Waals surface area contributed by atoms with E-state index in [1.54, 1.807) is 6.07 Å². The number of hydrogen-bond acceptors (Lipinski definition) is 1. The van der Waals surface area contributed by atoms with Gasteiger partial charge in [-0.15, -0.1) is 0 Å². The van der Waals surface area contributed by atoms with Crippen molar-refractivity contribution < 1.29 is 4.39 Å². The van der Waals surface area contributed by atoms with Crippen LogP contribution in [-0.4, -0.2) is 0 Å². The number of fused-ring (bicyclic) bond motifs is 1. The maximum absolute atomic E-state index is 14.2. The van der Waals surface area contributed by atoms with Gasteiger partial charge in [-0.05, 0) is 51.5 Å². The van der Waals surface area contributed by atoms with Gasteiger partial charge in [-0.1, -0.05) is 30.3 Å². The second-order valence-electron chi connectivity index (χ2n) is 4.62. The Hall–Kier alpha value is -1.19. The van der Waals surface area contributed by atoms with Gasteiger partial charge in [-0.3, -0.25) is 0 Å². The average molecular weight is 306 g/mol. The number of benzene rings is 2. The second-order valence-corrected chi connectivity index (χ2v) is 5.47. The summed E-state index contributed by atoms with van der Waals surface area (Å²) in [4.78, 5) is 0. The maximum Gasteiger partial charge on any atom is 0.145 e. The zero-order chi connectivity index (χ0) is 12.7. The molecule has 2 N–H and O–H groups in total. The predicted octanol–water partition coefficient (Wildman–Crippen LogP) is 4.20. The minimum absolute atomic E-state index is 0.0927. The molecular formula is C15H13BrFN. The van der Waals surface area contributed by atoms with Gasteiger partial charge in [0.2, 0.25) is 0 Å². The van der Waals surface area contributed by atoms with Crippen LogP contribution in [0.4, 0.5) is 4.39 Å². The van der Waals surface area contributed by atoms with Crippen molar-refractivity contribution in [1.82, 2.24) is 0 Å². The second kappa shape index (κ2) is 4.48. The molecular weight excluding hydrogens is 293 g/mol. The minimum atomic E-state index is -0.202. The standard InChI is InChI=1S/C15H13BrFN/c16-13-6-2-5-12(15(13)17)9-3-1-4-11-10(9)7-8-14(11)18/h1-6,14H,7-8,18H2. The van der Waals surface area contributed by atoms with E-state index >= 15 is 0 Å². The van der Waals surface area contributed by atoms with Crippen LogP contribution in [0.5, 0.6) is 0 Å². The normalized spacial score (nSPS) is 17.8. The highest BCUT2D eigenvalue weighted by Gasteiger charge is 2.23. The Labute approximate surface area is 114 Å². The van der Waals surface area contributed by atoms with Crippen molar-refractivity contribution >= 4 is 15.9 Å². The topological polar surface area (TPSA) is 26.0 Å². The monoisotopic (exact) mass is 305 g/mol. The quantitative estimate of drug-likeness (QED) is 0.839. The summed E-state index contributed by atoms with van der Waals surface area (Å²) in [6.07, 6.45) is 1.88. The van der Waals surface area contributed by atoms with Crippen LogP contribution in [0, 0.1) is 5.82 Å². The lowest BCUT2D eigenvalue weighted by molar-refractivity contribution is 0.624. The van der Waals surface area contributed by atoms with E-state index in [9.17, 15) is 4.39 Å². The van der Waals surface area contributed by atoms with Crippen molar-refractivity contribution in [2.75, 3.05) is 0 Å². The van der Waals surface area contributed by atoms with Crippen LogP contribution in [0.2, 0.25) is 0 Å². The summed E-state index contributed by atoms with van der Waals surface area (Å²) < 4.78 is 14.7. The van der Waals surface area contributed by atoms with Crippen LogP contribution < -0.4 is 5.73 Å². The molecule has 0 bridgehead atoms. The van der Waals surface area contributed by atoms with Gasteiger partial charge in [-0.2, -0.15) is 0 Å². The molecule has 0 radical (unpaired) electrons. The summed E-state index contributed by atoms with van der Waals surface area (Å²) in [5.74, 6) is -0.202. The molecule has 1 aliphatic carbocycles. The Morgan fingerprint density at radius 3 is 2.67 bits per heavy atom. The van der Waals surface area contributed by atoms with E-state index < -0.39 is 0 Å². The van der Waals surface area contributed by atoms with Crippen LogP contribution in [0.15, 0.2) is 40.9 Å². The SMILES string of the molecule is NC1CCc2c(-c3cccc(Br)c3F)cccc21. The molecule has 0 aliphatic heterocycles. The Bertz CT molecular complexity index is 609. The summed E-state index contributed by atoms with van der Waals surface area (Å²) in [5.41, 5.74) is 10.0. The predicted molar refractivity (Wildman–Crippen MR) is 74.8 cm³/mol. The van der Waals surface area contributed by atoms with Gasteiger partial charge in [0.1, 0.15) is 5.82 Å². The van der Waals surface area contributed by atoms with Crippen molar-refractivity contribution in [2.24, 2.45) is 5.73 Å². The highest BCUT2D eigenvalue weighted by molar-refractivity contribution is 9.10. The lowest BCUT2D eigenvalue weighted by Gasteiger charge is -2.11. The first-order valence-corrected chi connectivity index (χ1v) is 6.79. The van der Waals surface area contributed by atoms with E-state index in [4.69, 9.17) is 5.73 Å². The van der Waals surface area contributed by atoms with E-state index in [0.717, 1.165) is 24.0 Å². The van der Waals surface area contributed by atoms with E-state index in [1.807, 2.05) is 30.3 Å². The van der Waals surface area contributed by atoms with Crippen molar-refractivity contribution in [3.63, 3.8) is 0 Å². The molecule has 1 aliphatic rings. The number of rotatable bonds is 1. The lowest BCUT2D eigenvalue weighted by atomic mass is 9.96. The van der Waals surface area contributed by atoms with E-state index in [2.05, 4.69) is 15.9 Å². The van der Waals surface area contributed by atoms with Crippen LogP contribution in [0.3, 0.4) is 0 Å². The van der Waals surface area contributed by atoms with Gasteiger partial charge < -0.3 is 5.73 Å². The van der Waals surface area contributed by atoms with Gasteiger partial charge in [0.25, 0.3) is 0 Å². The molecule has 0 saturated heterocycles. The van der Waals surface area contributed by atoms with E-state index in [0.29, 0.717) is 10.0 Å². The third-order valence-corrected chi connectivity index (χ3v) is 4.17. The summed E-state index contributed by atoms with van der Waals surface area (Å²) in [7, 11) is 0. The van der Waals surface area contributed by atoms with Gasteiger partial charge in [0.15, 0.2) is 0 Å². The molecule has 3 heteroatoms. The van der Waals surface area contributed by atoms with Crippen LogP contribution in [0.25, 0.3) is 11.1 Å². The first-order chi connectivity index (χ1) is 8.68. The molecule has 92 valence electrons. The van der Waals surface area contributed by atoms with Crippen molar-refractivity contribution in [3.8, 4) is 11.1 Å². The van der Waals surface area contributed by atoms with Gasteiger partial charge in [-0.25, -0.2) is 4.39 Å². The third-order valence-electron chi connectivity index (χ3n) is 3.56. The van der Waals surface area contributed by atoms with Crippen molar-refractivity contribution in [3.05, 3.63) is 57.8 Å². The lowest BCUT2D eigenvalue weighted by Crippen LogP contribution is -2.05. The number of halogens is 2. The Morgan fingerprint density at radius 2 is 1.83 bits per heavy atom. The summed E-state index contributed by atoms with van der Waals surface area (Å²) >= 11 is 3.24.